The predicted octanol–water partition coefficient (Wildman–Crippen LogP) is 2.82. The number of aryl methyl sites for hydroxylation is 1. The molecule has 3 aromatic rings. The summed E-state index contributed by atoms with van der Waals surface area (Å²) in [6.45, 7) is 3.56. The van der Waals surface area contributed by atoms with Crippen molar-refractivity contribution < 1.29 is 4.79 Å². The van der Waals surface area contributed by atoms with Crippen LogP contribution in [0.25, 0.3) is 11.2 Å². The second-order valence-electron chi connectivity index (χ2n) is 5.91. The zero-order valence-electron chi connectivity index (χ0n) is 13.0. The van der Waals surface area contributed by atoms with Gasteiger partial charge in [0, 0.05) is 24.2 Å². The van der Waals surface area contributed by atoms with E-state index in [2.05, 4.69) is 14.5 Å². The number of carbonyl (C=O) groups is 1. The molecule has 1 aliphatic rings. The van der Waals surface area contributed by atoms with Gasteiger partial charge in [-0.25, -0.2) is 9.97 Å². The normalized spacial score (nSPS) is 18.0. The lowest BCUT2D eigenvalue weighted by atomic mass is 10.2. The Morgan fingerprint density at radius 3 is 3.13 bits per heavy atom. The van der Waals surface area contributed by atoms with Gasteiger partial charge < -0.3 is 9.47 Å². The number of amides is 1. The van der Waals surface area contributed by atoms with Gasteiger partial charge in [0.25, 0.3) is 0 Å². The highest BCUT2D eigenvalue weighted by atomic mass is 32.1. The highest BCUT2D eigenvalue weighted by molar-refractivity contribution is 7.10. The van der Waals surface area contributed by atoms with E-state index in [1.165, 1.54) is 0 Å². The number of aromatic nitrogens is 3. The lowest BCUT2D eigenvalue weighted by Crippen LogP contribution is -2.30. The molecule has 1 saturated heterocycles. The van der Waals surface area contributed by atoms with Crippen LogP contribution >= 0.6 is 11.3 Å². The monoisotopic (exact) mass is 326 g/mol. The van der Waals surface area contributed by atoms with Crippen molar-refractivity contribution in [2.45, 2.75) is 25.8 Å². The molecular formula is C17H18N4OS. The average molecular weight is 326 g/mol. The smallest absolute Gasteiger partial charge is 0.227 e. The topological polar surface area (TPSA) is 51.0 Å². The lowest BCUT2D eigenvalue weighted by molar-refractivity contribution is -0.129. The van der Waals surface area contributed by atoms with Gasteiger partial charge in [0.05, 0.1) is 12.5 Å². The van der Waals surface area contributed by atoms with E-state index in [0.29, 0.717) is 6.42 Å². The second-order valence-corrected chi connectivity index (χ2v) is 6.95. The van der Waals surface area contributed by atoms with Crippen molar-refractivity contribution in [2.75, 3.05) is 13.1 Å². The van der Waals surface area contributed by atoms with Crippen molar-refractivity contribution in [3.63, 3.8) is 0 Å². The zero-order valence-corrected chi connectivity index (χ0v) is 13.8. The maximum atomic E-state index is 12.5. The maximum absolute atomic E-state index is 12.5. The number of nitrogens with zero attached hydrogens (tertiary/aromatic N) is 4. The van der Waals surface area contributed by atoms with Crippen LogP contribution in [0.1, 0.15) is 23.2 Å². The van der Waals surface area contributed by atoms with E-state index in [1.54, 1.807) is 17.5 Å². The molecule has 0 radical (unpaired) electrons. The number of likely N-dealkylation sites (tertiary alicyclic amines) is 1. The largest absolute Gasteiger partial charge is 0.340 e. The summed E-state index contributed by atoms with van der Waals surface area (Å²) in [6.07, 6.45) is 3.26. The number of imidazole rings is 1. The molecule has 0 saturated carbocycles. The summed E-state index contributed by atoms with van der Waals surface area (Å²) in [5, 5.41) is 2.02. The molecular weight excluding hydrogens is 308 g/mol. The molecule has 0 spiro atoms. The summed E-state index contributed by atoms with van der Waals surface area (Å²) < 4.78 is 2.19. The van der Waals surface area contributed by atoms with Crippen molar-refractivity contribution in [2.24, 2.45) is 0 Å². The molecule has 1 fully saturated rings. The number of fused-ring (bicyclic) bond motifs is 1. The van der Waals surface area contributed by atoms with Crippen LogP contribution < -0.4 is 0 Å². The van der Waals surface area contributed by atoms with E-state index in [-0.39, 0.29) is 11.9 Å². The minimum Gasteiger partial charge on any atom is -0.340 e. The fraction of sp³-hybridized carbons (Fsp3) is 0.353. The molecule has 1 atom stereocenters. The Kier molecular flexibility index (Phi) is 3.61. The molecule has 0 aromatic carbocycles. The molecule has 0 aliphatic carbocycles. The van der Waals surface area contributed by atoms with Gasteiger partial charge >= 0.3 is 0 Å². The molecule has 0 bridgehead atoms. The van der Waals surface area contributed by atoms with Gasteiger partial charge in [-0.2, -0.15) is 0 Å². The van der Waals surface area contributed by atoms with Crippen molar-refractivity contribution >= 4 is 28.4 Å². The quantitative estimate of drug-likeness (QED) is 0.744. The van der Waals surface area contributed by atoms with E-state index >= 15 is 0 Å². The van der Waals surface area contributed by atoms with Crippen LogP contribution in [-0.2, 0) is 11.2 Å². The van der Waals surface area contributed by atoms with Gasteiger partial charge in [0.15, 0.2) is 5.65 Å². The van der Waals surface area contributed by atoms with E-state index in [1.807, 2.05) is 41.5 Å². The van der Waals surface area contributed by atoms with Gasteiger partial charge in [-0.3, -0.25) is 4.79 Å². The molecule has 6 heteroatoms. The molecule has 3 aromatic heterocycles. The molecule has 0 N–H and O–H groups in total. The fourth-order valence-electron chi connectivity index (χ4n) is 3.33. The van der Waals surface area contributed by atoms with Crippen LogP contribution in [0.5, 0.6) is 0 Å². The van der Waals surface area contributed by atoms with Crippen LogP contribution in [0, 0.1) is 6.92 Å². The second kappa shape index (κ2) is 5.77. The summed E-state index contributed by atoms with van der Waals surface area (Å²) in [4.78, 5) is 24.6. The van der Waals surface area contributed by atoms with Crippen LogP contribution in [0.3, 0.4) is 0 Å². The van der Waals surface area contributed by atoms with Gasteiger partial charge in [0.2, 0.25) is 5.91 Å². The summed E-state index contributed by atoms with van der Waals surface area (Å²) in [5.41, 5.74) is 1.84. The van der Waals surface area contributed by atoms with Crippen LogP contribution in [-0.4, -0.2) is 38.4 Å². The Balaban J connectivity index is 1.53. The molecule has 4 heterocycles. The Morgan fingerprint density at radius 1 is 1.39 bits per heavy atom. The number of rotatable bonds is 3. The van der Waals surface area contributed by atoms with Crippen molar-refractivity contribution in [3.8, 4) is 0 Å². The third kappa shape index (κ3) is 2.63. The number of pyridine rings is 1. The molecule has 5 nitrogen and oxygen atoms in total. The van der Waals surface area contributed by atoms with E-state index in [0.717, 1.165) is 41.4 Å². The summed E-state index contributed by atoms with van der Waals surface area (Å²) in [6, 6.07) is 8.17. The number of carbonyl (C=O) groups excluding carboxylic acids is 1. The first-order valence-corrected chi connectivity index (χ1v) is 8.70. The van der Waals surface area contributed by atoms with Gasteiger partial charge in [-0.15, -0.1) is 11.3 Å². The molecule has 1 unspecified atom stereocenters. The third-order valence-electron chi connectivity index (χ3n) is 4.41. The SMILES string of the molecule is Cc1nc2cccnc2n1C1CCN(C(=O)Cc2cccs2)C1. The number of hydrogen-bond donors (Lipinski definition) is 0. The summed E-state index contributed by atoms with van der Waals surface area (Å²) in [5.74, 6) is 1.18. The van der Waals surface area contributed by atoms with Crippen LogP contribution in [0.2, 0.25) is 0 Å². The Labute approximate surface area is 138 Å². The first kappa shape index (κ1) is 14.4. The maximum Gasteiger partial charge on any atom is 0.227 e. The first-order chi connectivity index (χ1) is 11.2. The van der Waals surface area contributed by atoms with Crippen molar-refractivity contribution in [1.82, 2.24) is 19.4 Å². The van der Waals surface area contributed by atoms with E-state index in [9.17, 15) is 4.79 Å². The zero-order chi connectivity index (χ0) is 15.8. The minimum absolute atomic E-state index is 0.213. The third-order valence-corrected chi connectivity index (χ3v) is 5.29. The van der Waals surface area contributed by atoms with Crippen molar-refractivity contribution in [3.05, 3.63) is 46.5 Å². The van der Waals surface area contributed by atoms with E-state index in [4.69, 9.17) is 0 Å². The lowest BCUT2D eigenvalue weighted by Gasteiger charge is -2.18. The highest BCUT2D eigenvalue weighted by Crippen LogP contribution is 2.27. The summed E-state index contributed by atoms with van der Waals surface area (Å²) >= 11 is 1.64. The molecule has 118 valence electrons. The molecule has 1 amide bonds. The fourth-order valence-corrected chi connectivity index (χ4v) is 4.03. The Hall–Kier alpha value is -2.21. The minimum atomic E-state index is 0.213. The van der Waals surface area contributed by atoms with Crippen LogP contribution in [0.4, 0.5) is 0 Å². The summed E-state index contributed by atoms with van der Waals surface area (Å²) in [7, 11) is 0. The van der Waals surface area contributed by atoms with Gasteiger partial charge in [-0.05, 0) is 36.9 Å². The Morgan fingerprint density at radius 2 is 2.30 bits per heavy atom. The molecule has 1 aliphatic heterocycles. The average Bonchev–Trinajstić information content (AvgIpc) is 3.25. The van der Waals surface area contributed by atoms with Gasteiger partial charge in [-0.1, -0.05) is 6.07 Å². The molecule has 4 rings (SSSR count). The number of hydrogen-bond acceptors (Lipinski definition) is 4. The first-order valence-electron chi connectivity index (χ1n) is 7.82. The number of thiophene rings is 1. The predicted molar refractivity (Wildman–Crippen MR) is 90.5 cm³/mol. The van der Waals surface area contributed by atoms with Crippen molar-refractivity contribution in [1.29, 1.82) is 0 Å². The highest BCUT2D eigenvalue weighted by Gasteiger charge is 2.29. The molecule has 23 heavy (non-hydrogen) atoms. The van der Waals surface area contributed by atoms with E-state index < -0.39 is 0 Å². The van der Waals surface area contributed by atoms with Gasteiger partial charge in [0.1, 0.15) is 11.3 Å². The Bertz CT molecular complexity index is 840. The van der Waals surface area contributed by atoms with Crippen LogP contribution in [0.15, 0.2) is 35.8 Å². The standard InChI is InChI=1S/C17H18N4OS/c1-12-19-15-5-2-7-18-17(15)21(12)13-6-8-20(11-13)16(22)10-14-4-3-9-23-14/h2-5,7,9,13H,6,8,10-11H2,1H3.